The Kier molecular flexibility index (Phi) is 7.90. The summed E-state index contributed by atoms with van der Waals surface area (Å²) in [7, 11) is 0. The van der Waals surface area contributed by atoms with Crippen LogP contribution in [0.4, 0.5) is 0 Å². The molecule has 0 heterocycles. The van der Waals surface area contributed by atoms with E-state index in [9.17, 15) is 4.79 Å². The summed E-state index contributed by atoms with van der Waals surface area (Å²) in [6.07, 6.45) is 9.25. The second-order valence-corrected chi connectivity index (χ2v) is 3.41. The minimum absolute atomic E-state index is 0.352. The third-order valence-corrected chi connectivity index (χ3v) is 1.84. The third-order valence-electron chi connectivity index (χ3n) is 1.84. The summed E-state index contributed by atoms with van der Waals surface area (Å²) in [4.78, 5) is 10.9. The number of esters is 1. The van der Waals surface area contributed by atoms with Crippen molar-refractivity contribution >= 4 is 5.97 Å². The van der Waals surface area contributed by atoms with Crippen LogP contribution < -0.4 is 0 Å². The maximum Gasteiger partial charge on any atom is 0.337 e. The molecule has 0 N–H and O–H groups in total. The van der Waals surface area contributed by atoms with Crippen molar-refractivity contribution in [2.24, 2.45) is 0 Å². The maximum atomic E-state index is 10.9. The van der Waals surface area contributed by atoms with Gasteiger partial charge in [-0.25, -0.2) is 4.79 Å². The minimum Gasteiger partial charge on any atom is -0.431 e. The van der Waals surface area contributed by atoms with Crippen LogP contribution in [0.3, 0.4) is 0 Å². The van der Waals surface area contributed by atoms with Crippen LogP contribution in [0.15, 0.2) is 24.5 Å². The average Bonchev–Trinajstić information content (AvgIpc) is 2.16. The quantitative estimate of drug-likeness (QED) is 0.269. The monoisotopic (exact) mass is 196 g/mol. The predicted octanol–water partition coefficient (Wildman–Crippen LogP) is 3.59. The second kappa shape index (κ2) is 8.54. The Hall–Kier alpha value is -1.05. The standard InChI is InChI=1S/C12H20O2/c1-4-5-6-7-8-9-10-14-12(13)11(2)3/h9-10H,2,4-8H2,1,3H3/b10-9+. The van der Waals surface area contributed by atoms with Crippen molar-refractivity contribution in [1.29, 1.82) is 0 Å². The fourth-order valence-electron chi connectivity index (χ4n) is 0.968. The van der Waals surface area contributed by atoms with Crippen LogP contribution in [0.2, 0.25) is 0 Å². The Morgan fingerprint density at radius 3 is 2.64 bits per heavy atom. The molecule has 0 saturated carbocycles. The molecule has 0 aliphatic rings. The van der Waals surface area contributed by atoms with Gasteiger partial charge in [-0.05, 0) is 25.8 Å². The van der Waals surface area contributed by atoms with Crippen molar-refractivity contribution in [1.82, 2.24) is 0 Å². The number of hydrogen-bond acceptors (Lipinski definition) is 2. The Bertz CT molecular complexity index is 204. The molecule has 80 valence electrons. The molecule has 0 saturated heterocycles. The van der Waals surface area contributed by atoms with Crippen molar-refractivity contribution in [3.8, 4) is 0 Å². The number of carbonyl (C=O) groups is 1. The van der Waals surface area contributed by atoms with Crippen LogP contribution in [0.25, 0.3) is 0 Å². The van der Waals surface area contributed by atoms with Gasteiger partial charge >= 0.3 is 5.97 Å². The molecular weight excluding hydrogens is 176 g/mol. The topological polar surface area (TPSA) is 26.3 Å². The van der Waals surface area contributed by atoms with Gasteiger partial charge < -0.3 is 4.74 Å². The average molecular weight is 196 g/mol. The molecule has 0 aliphatic heterocycles. The summed E-state index contributed by atoms with van der Waals surface area (Å²) in [6, 6.07) is 0. The molecule has 0 amide bonds. The highest BCUT2D eigenvalue weighted by Gasteiger charge is 1.98. The van der Waals surface area contributed by atoms with Crippen LogP contribution in [-0.4, -0.2) is 5.97 Å². The van der Waals surface area contributed by atoms with Crippen molar-refractivity contribution in [2.45, 2.75) is 46.0 Å². The summed E-state index contributed by atoms with van der Waals surface area (Å²) < 4.78 is 4.79. The van der Waals surface area contributed by atoms with Gasteiger partial charge in [0.1, 0.15) is 0 Å². The van der Waals surface area contributed by atoms with Gasteiger partial charge in [0.2, 0.25) is 0 Å². The van der Waals surface area contributed by atoms with Gasteiger partial charge in [-0.1, -0.05) is 32.8 Å². The molecule has 0 aromatic rings. The lowest BCUT2D eigenvalue weighted by Crippen LogP contribution is -1.98. The lowest BCUT2D eigenvalue weighted by Gasteiger charge is -1.96. The van der Waals surface area contributed by atoms with E-state index in [1.165, 1.54) is 25.5 Å². The number of ether oxygens (including phenoxy) is 1. The van der Waals surface area contributed by atoms with Crippen LogP contribution in [0.1, 0.15) is 46.0 Å². The number of allylic oxidation sites excluding steroid dienone is 1. The summed E-state index contributed by atoms with van der Waals surface area (Å²) >= 11 is 0. The molecule has 0 aliphatic carbocycles. The number of unbranched alkanes of at least 4 members (excludes halogenated alkanes) is 4. The summed E-state index contributed by atoms with van der Waals surface area (Å²) in [5, 5.41) is 0. The van der Waals surface area contributed by atoms with E-state index in [1.807, 2.05) is 6.08 Å². The van der Waals surface area contributed by atoms with Gasteiger partial charge in [0.15, 0.2) is 0 Å². The lowest BCUT2D eigenvalue weighted by atomic mass is 10.1. The molecule has 0 bridgehead atoms. The van der Waals surface area contributed by atoms with Gasteiger partial charge in [0, 0.05) is 5.57 Å². The van der Waals surface area contributed by atoms with E-state index in [1.54, 1.807) is 6.92 Å². The zero-order valence-electron chi connectivity index (χ0n) is 9.21. The van der Waals surface area contributed by atoms with Gasteiger partial charge in [0.05, 0.1) is 6.26 Å². The summed E-state index contributed by atoms with van der Waals surface area (Å²) in [5.41, 5.74) is 0.431. The molecule has 0 spiro atoms. The molecule has 0 unspecified atom stereocenters. The Morgan fingerprint density at radius 2 is 2.07 bits per heavy atom. The number of rotatable bonds is 7. The van der Waals surface area contributed by atoms with Gasteiger partial charge in [-0.3, -0.25) is 0 Å². The first kappa shape index (κ1) is 12.9. The number of hydrogen-bond donors (Lipinski definition) is 0. The van der Waals surface area contributed by atoms with E-state index in [4.69, 9.17) is 4.74 Å². The Balaban J connectivity index is 3.36. The Labute approximate surface area is 86.6 Å². The molecule has 0 aromatic heterocycles. The van der Waals surface area contributed by atoms with Crippen LogP contribution in [0, 0.1) is 0 Å². The predicted molar refractivity (Wildman–Crippen MR) is 58.8 cm³/mol. The molecule has 2 nitrogen and oxygen atoms in total. The lowest BCUT2D eigenvalue weighted by molar-refractivity contribution is -0.133. The van der Waals surface area contributed by atoms with Crippen molar-refractivity contribution in [3.05, 3.63) is 24.5 Å². The zero-order chi connectivity index (χ0) is 10.8. The van der Waals surface area contributed by atoms with E-state index < -0.39 is 0 Å². The number of carbonyl (C=O) groups excluding carboxylic acids is 1. The first-order valence-corrected chi connectivity index (χ1v) is 5.20. The fraction of sp³-hybridized carbons (Fsp3) is 0.583. The highest BCUT2D eigenvalue weighted by atomic mass is 16.5. The highest BCUT2D eigenvalue weighted by Crippen LogP contribution is 2.03. The molecule has 0 radical (unpaired) electrons. The maximum absolute atomic E-state index is 10.9. The summed E-state index contributed by atoms with van der Waals surface area (Å²) in [5.74, 6) is -0.352. The fourth-order valence-corrected chi connectivity index (χ4v) is 0.968. The molecule has 0 fully saturated rings. The van der Waals surface area contributed by atoms with E-state index >= 15 is 0 Å². The molecule has 0 atom stereocenters. The van der Waals surface area contributed by atoms with E-state index in [0.717, 1.165) is 12.8 Å². The van der Waals surface area contributed by atoms with Gasteiger partial charge in [0.25, 0.3) is 0 Å². The van der Waals surface area contributed by atoms with Crippen molar-refractivity contribution in [3.63, 3.8) is 0 Å². The second-order valence-electron chi connectivity index (χ2n) is 3.41. The molecule has 14 heavy (non-hydrogen) atoms. The zero-order valence-corrected chi connectivity index (χ0v) is 9.21. The van der Waals surface area contributed by atoms with Crippen LogP contribution in [-0.2, 0) is 9.53 Å². The van der Waals surface area contributed by atoms with E-state index in [2.05, 4.69) is 13.5 Å². The molecule has 0 rings (SSSR count). The normalized spacial score (nSPS) is 10.4. The third kappa shape index (κ3) is 7.59. The van der Waals surface area contributed by atoms with Crippen molar-refractivity contribution in [2.75, 3.05) is 0 Å². The van der Waals surface area contributed by atoms with Crippen LogP contribution >= 0.6 is 0 Å². The van der Waals surface area contributed by atoms with Gasteiger partial charge in [-0.2, -0.15) is 0 Å². The van der Waals surface area contributed by atoms with E-state index in [0.29, 0.717) is 5.57 Å². The molecule has 0 aromatic carbocycles. The van der Waals surface area contributed by atoms with Crippen LogP contribution in [0.5, 0.6) is 0 Å². The molecule has 2 heteroatoms. The molecular formula is C12H20O2. The summed E-state index contributed by atoms with van der Waals surface area (Å²) in [6.45, 7) is 7.31. The largest absolute Gasteiger partial charge is 0.431 e. The Morgan fingerprint density at radius 1 is 1.36 bits per heavy atom. The highest BCUT2D eigenvalue weighted by molar-refractivity contribution is 5.87. The first-order valence-electron chi connectivity index (χ1n) is 5.20. The SMILES string of the molecule is C=C(C)C(=O)O/C=C/CCCCCC. The van der Waals surface area contributed by atoms with Crippen molar-refractivity contribution < 1.29 is 9.53 Å². The van der Waals surface area contributed by atoms with Gasteiger partial charge in [-0.15, -0.1) is 0 Å². The minimum atomic E-state index is -0.352. The smallest absolute Gasteiger partial charge is 0.337 e. The van der Waals surface area contributed by atoms with E-state index in [-0.39, 0.29) is 5.97 Å². The first-order chi connectivity index (χ1) is 6.68.